The Labute approximate surface area is 114 Å². The summed E-state index contributed by atoms with van der Waals surface area (Å²) < 4.78 is 18.4. The lowest BCUT2D eigenvalue weighted by Gasteiger charge is -2.12. The number of benzene rings is 2. The Hall–Kier alpha value is -2.69. The van der Waals surface area contributed by atoms with Gasteiger partial charge in [-0.05, 0) is 36.4 Å². The van der Waals surface area contributed by atoms with E-state index in [1.54, 1.807) is 19.2 Å². The zero-order chi connectivity index (χ0) is 14.1. The van der Waals surface area contributed by atoms with Crippen LogP contribution in [0.3, 0.4) is 0 Å². The highest BCUT2D eigenvalue weighted by Crippen LogP contribution is 2.21. The molecule has 0 unspecified atom stereocenters. The van der Waals surface area contributed by atoms with Crippen LogP contribution in [0.25, 0.3) is 11.1 Å². The second-order valence-corrected chi connectivity index (χ2v) is 4.34. The molecule has 3 rings (SSSR count). The summed E-state index contributed by atoms with van der Waals surface area (Å²) in [4.78, 5) is 17.8. The Morgan fingerprint density at radius 2 is 1.85 bits per heavy atom. The number of oxazole rings is 1. The molecule has 20 heavy (non-hydrogen) atoms. The van der Waals surface area contributed by atoms with Crippen molar-refractivity contribution in [2.45, 2.75) is 0 Å². The van der Waals surface area contributed by atoms with Crippen molar-refractivity contribution >= 4 is 23.0 Å². The number of carbonyl (C=O) groups excluding carboxylic acids is 1. The molecule has 3 aromatic rings. The fourth-order valence-electron chi connectivity index (χ4n) is 1.88. The van der Waals surface area contributed by atoms with Crippen molar-refractivity contribution in [2.24, 2.45) is 0 Å². The number of aromatic nitrogens is 1. The molecule has 0 saturated carbocycles. The zero-order valence-electron chi connectivity index (χ0n) is 10.7. The molecule has 0 atom stereocenters. The van der Waals surface area contributed by atoms with Crippen LogP contribution in [-0.4, -0.2) is 17.9 Å². The molecule has 0 N–H and O–H groups in total. The van der Waals surface area contributed by atoms with Crippen molar-refractivity contribution in [3.63, 3.8) is 0 Å². The first kappa shape index (κ1) is 12.3. The number of amides is 1. The van der Waals surface area contributed by atoms with E-state index in [2.05, 4.69) is 4.98 Å². The first-order valence-electron chi connectivity index (χ1n) is 6.04. The molecule has 1 aromatic heterocycles. The molecule has 0 fully saturated rings. The average Bonchev–Trinajstić information content (AvgIpc) is 2.90. The first-order valence-corrected chi connectivity index (χ1v) is 6.04. The number of halogens is 1. The van der Waals surface area contributed by atoms with Gasteiger partial charge in [-0.15, -0.1) is 0 Å². The van der Waals surface area contributed by atoms with E-state index in [0.717, 1.165) is 0 Å². The van der Waals surface area contributed by atoms with E-state index in [-0.39, 0.29) is 17.7 Å². The van der Waals surface area contributed by atoms with Crippen LogP contribution in [0.2, 0.25) is 0 Å². The SMILES string of the molecule is CN(C(=O)c1ccc(F)cc1)c1nc2ccccc2o1. The molecule has 5 heteroatoms. The Balaban J connectivity index is 1.93. The highest BCUT2D eigenvalue weighted by Gasteiger charge is 2.18. The van der Waals surface area contributed by atoms with Crippen molar-refractivity contribution in [1.82, 2.24) is 4.98 Å². The Kier molecular flexibility index (Phi) is 2.95. The van der Waals surface area contributed by atoms with E-state index >= 15 is 0 Å². The molecule has 0 aliphatic rings. The monoisotopic (exact) mass is 270 g/mol. The number of hydrogen-bond donors (Lipinski definition) is 0. The van der Waals surface area contributed by atoms with Crippen molar-refractivity contribution in [2.75, 3.05) is 11.9 Å². The highest BCUT2D eigenvalue weighted by molar-refractivity contribution is 6.04. The number of anilines is 1. The van der Waals surface area contributed by atoms with Gasteiger partial charge < -0.3 is 4.42 Å². The molecule has 0 bridgehead atoms. The molecule has 0 spiro atoms. The van der Waals surface area contributed by atoms with E-state index < -0.39 is 0 Å². The van der Waals surface area contributed by atoms with Crippen LogP contribution in [0.5, 0.6) is 0 Å². The van der Waals surface area contributed by atoms with Crippen molar-refractivity contribution < 1.29 is 13.6 Å². The summed E-state index contributed by atoms with van der Waals surface area (Å²) in [6.45, 7) is 0. The van der Waals surface area contributed by atoms with Gasteiger partial charge in [0.25, 0.3) is 5.91 Å². The second kappa shape index (κ2) is 4.77. The van der Waals surface area contributed by atoms with E-state index in [9.17, 15) is 9.18 Å². The van der Waals surface area contributed by atoms with Gasteiger partial charge in [-0.3, -0.25) is 9.69 Å². The standard InChI is InChI=1S/C15H11FN2O2/c1-18(14(19)10-6-8-11(16)9-7-10)15-17-12-4-2-3-5-13(12)20-15/h2-9H,1H3. The number of para-hydroxylation sites is 2. The minimum absolute atomic E-state index is 0.209. The Bertz CT molecular complexity index is 732. The van der Waals surface area contributed by atoms with Crippen molar-refractivity contribution in [1.29, 1.82) is 0 Å². The second-order valence-electron chi connectivity index (χ2n) is 4.34. The third kappa shape index (κ3) is 2.14. The van der Waals surface area contributed by atoms with Crippen LogP contribution in [0.4, 0.5) is 10.4 Å². The van der Waals surface area contributed by atoms with E-state index in [1.165, 1.54) is 29.2 Å². The molecular formula is C15H11FN2O2. The molecule has 4 nitrogen and oxygen atoms in total. The van der Waals surface area contributed by atoms with Gasteiger partial charge in [0.1, 0.15) is 11.3 Å². The molecule has 0 aliphatic carbocycles. The molecule has 1 amide bonds. The van der Waals surface area contributed by atoms with Crippen LogP contribution >= 0.6 is 0 Å². The van der Waals surface area contributed by atoms with Gasteiger partial charge in [0.15, 0.2) is 5.58 Å². The largest absolute Gasteiger partial charge is 0.423 e. The van der Waals surface area contributed by atoms with Gasteiger partial charge in [0.2, 0.25) is 0 Å². The molecule has 0 aliphatic heterocycles. The zero-order valence-corrected chi connectivity index (χ0v) is 10.7. The quantitative estimate of drug-likeness (QED) is 0.718. The summed E-state index contributed by atoms with van der Waals surface area (Å²) in [7, 11) is 1.57. The van der Waals surface area contributed by atoms with Crippen LogP contribution in [0.15, 0.2) is 52.9 Å². The molecule has 0 saturated heterocycles. The lowest BCUT2D eigenvalue weighted by Crippen LogP contribution is -2.26. The smallest absolute Gasteiger partial charge is 0.305 e. The lowest BCUT2D eigenvalue weighted by molar-refractivity contribution is 0.0988. The number of nitrogens with zero attached hydrogens (tertiary/aromatic N) is 2. The van der Waals surface area contributed by atoms with Crippen LogP contribution < -0.4 is 4.90 Å². The third-order valence-electron chi connectivity index (χ3n) is 2.97. The number of hydrogen-bond acceptors (Lipinski definition) is 3. The van der Waals surface area contributed by atoms with E-state index in [0.29, 0.717) is 16.7 Å². The highest BCUT2D eigenvalue weighted by atomic mass is 19.1. The molecule has 0 radical (unpaired) electrons. The fourth-order valence-corrected chi connectivity index (χ4v) is 1.88. The van der Waals surface area contributed by atoms with E-state index in [1.807, 2.05) is 12.1 Å². The van der Waals surface area contributed by atoms with Gasteiger partial charge in [-0.2, -0.15) is 4.98 Å². The normalized spacial score (nSPS) is 10.7. The molecule has 1 heterocycles. The van der Waals surface area contributed by atoms with Gasteiger partial charge in [-0.25, -0.2) is 4.39 Å². The minimum Gasteiger partial charge on any atom is -0.423 e. The van der Waals surface area contributed by atoms with Gasteiger partial charge in [0, 0.05) is 12.6 Å². The van der Waals surface area contributed by atoms with E-state index in [4.69, 9.17) is 4.42 Å². The summed E-state index contributed by atoms with van der Waals surface area (Å²) in [6.07, 6.45) is 0. The van der Waals surface area contributed by atoms with Gasteiger partial charge >= 0.3 is 6.01 Å². The lowest BCUT2D eigenvalue weighted by atomic mass is 10.2. The first-order chi connectivity index (χ1) is 9.65. The summed E-state index contributed by atoms with van der Waals surface area (Å²) >= 11 is 0. The topological polar surface area (TPSA) is 46.3 Å². The minimum atomic E-state index is -0.383. The average molecular weight is 270 g/mol. The predicted molar refractivity (Wildman–Crippen MR) is 73.1 cm³/mol. The molecule has 100 valence electrons. The summed E-state index contributed by atoms with van der Waals surface area (Å²) in [5.41, 5.74) is 1.67. The van der Waals surface area contributed by atoms with Crippen molar-refractivity contribution in [3.8, 4) is 0 Å². The molecular weight excluding hydrogens is 259 g/mol. The summed E-state index contributed by atoms with van der Waals surface area (Å²) in [5, 5.41) is 0. The number of rotatable bonds is 2. The Morgan fingerprint density at radius 1 is 1.15 bits per heavy atom. The maximum atomic E-state index is 12.9. The maximum absolute atomic E-state index is 12.9. The van der Waals surface area contributed by atoms with Crippen LogP contribution in [-0.2, 0) is 0 Å². The summed E-state index contributed by atoms with van der Waals surface area (Å²) in [5.74, 6) is -0.692. The molecule has 2 aromatic carbocycles. The van der Waals surface area contributed by atoms with Gasteiger partial charge in [0.05, 0.1) is 0 Å². The maximum Gasteiger partial charge on any atom is 0.305 e. The number of carbonyl (C=O) groups is 1. The fraction of sp³-hybridized carbons (Fsp3) is 0.0667. The Morgan fingerprint density at radius 3 is 2.55 bits per heavy atom. The van der Waals surface area contributed by atoms with Crippen LogP contribution in [0.1, 0.15) is 10.4 Å². The third-order valence-corrected chi connectivity index (χ3v) is 2.97. The summed E-state index contributed by atoms with van der Waals surface area (Å²) in [6, 6.07) is 12.8. The number of fused-ring (bicyclic) bond motifs is 1. The van der Waals surface area contributed by atoms with Crippen LogP contribution in [0, 0.1) is 5.82 Å². The van der Waals surface area contributed by atoms with Crippen molar-refractivity contribution in [3.05, 3.63) is 59.9 Å². The predicted octanol–water partition coefficient (Wildman–Crippen LogP) is 3.24. The van der Waals surface area contributed by atoms with Gasteiger partial charge in [-0.1, -0.05) is 12.1 Å².